The topological polar surface area (TPSA) is 36.5 Å². The number of hydrogen-bond donors (Lipinski definition) is 2. The fourth-order valence-electron chi connectivity index (χ4n) is 2.91. The Kier molecular flexibility index (Phi) is 4.46. The van der Waals surface area contributed by atoms with Gasteiger partial charge in [-0.2, -0.15) is 0 Å². The molecule has 1 aromatic carbocycles. The maximum absolute atomic E-state index is 6.12. The highest BCUT2D eigenvalue weighted by atomic mass is 35.5. The first-order chi connectivity index (χ1) is 9.74. The number of halogens is 1. The normalized spacial score (nSPS) is 26.9. The molecule has 0 aromatic heterocycles. The molecule has 2 aliphatic rings. The number of fused-ring (bicyclic) bond motifs is 1. The second kappa shape index (κ2) is 6.31. The molecule has 0 amide bonds. The standard InChI is InChI=1S/C15H22ClN3O/c1-2-14-10-19(9-13-5-6-17-18-13)8-11-3-4-12(16)7-15(11)20-14/h3-4,7,13-14,17-18H,2,5-6,8-10H2,1H3. The number of hydrogen-bond acceptors (Lipinski definition) is 4. The second-order valence-corrected chi connectivity index (χ2v) is 6.09. The van der Waals surface area contributed by atoms with Gasteiger partial charge in [0.05, 0.1) is 0 Å². The van der Waals surface area contributed by atoms with Crippen molar-refractivity contribution in [3.63, 3.8) is 0 Å². The summed E-state index contributed by atoms with van der Waals surface area (Å²) in [6, 6.07) is 6.51. The predicted octanol–water partition coefficient (Wildman–Crippen LogP) is 2.18. The van der Waals surface area contributed by atoms with Gasteiger partial charge in [0.2, 0.25) is 0 Å². The lowest BCUT2D eigenvalue weighted by Gasteiger charge is -2.25. The van der Waals surface area contributed by atoms with Crippen LogP contribution in [0.3, 0.4) is 0 Å². The molecule has 1 saturated heterocycles. The van der Waals surface area contributed by atoms with Crippen LogP contribution in [0.5, 0.6) is 5.75 Å². The molecule has 2 N–H and O–H groups in total. The molecule has 0 spiro atoms. The van der Waals surface area contributed by atoms with Crippen molar-refractivity contribution in [1.29, 1.82) is 0 Å². The van der Waals surface area contributed by atoms with Gasteiger partial charge in [0.1, 0.15) is 11.9 Å². The van der Waals surface area contributed by atoms with Crippen LogP contribution in [0.1, 0.15) is 25.3 Å². The molecular weight excluding hydrogens is 274 g/mol. The van der Waals surface area contributed by atoms with Crippen molar-refractivity contribution in [2.45, 2.75) is 38.5 Å². The van der Waals surface area contributed by atoms with E-state index in [0.29, 0.717) is 6.04 Å². The van der Waals surface area contributed by atoms with Crippen molar-refractivity contribution < 1.29 is 4.74 Å². The van der Waals surface area contributed by atoms with E-state index in [-0.39, 0.29) is 6.10 Å². The SMILES string of the molecule is CCC1CN(CC2CCNN2)Cc2ccc(Cl)cc2O1. The molecule has 2 unspecified atom stereocenters. The maximum Gasteiger partial charge on any atom is 0.125 e. The summed E-state index contributed by atoms with van der Waals surface area (Å²) in [4.78, 5) is 2.48. The Labute approximate surface area is 125 Å². The van der Waals surface area contributed by atoms with E-state index in [1.807, 2.05) is 12.1 Å². The average molecular weight is 296 g/mol. The summed E-state index contributed by atoms with van der Waals surface area (Å²) in [5.41, 5.74) is 7.77. The summed E-state index contributed by atoms with van der Waals surface area (Å²) in [5.74, 6) is 0.948. The van der Waals surface area contributed by atoms with Crippen LogP contribution in [0.2, 0.25) is 5.02 Å². The van der Waals surface area contributed by atoms with Gasteiger partial charge in [-0.25, -0.2) is 0 Å². The van der Waals surface area contributed by atoms with Crippen LogP contribution < -0.4 is 15.6 Å². The number of rotatable bonds is 3. The lowest BCUT2D eigenvalue weighted by Crippen LogP contribution is -2.42. The smallest absolute Gasteiger partial charge is 0.125 e. The molecule has 1 fully saturated rings. The molecule has 0 bridgehead atoms. The molecule has 110 valence electrons. The first-order valence-corrected chi connectivity index (χ1v) is 7.78. The Morgan fingerprint density at radius 2 is 2.35 bits per heavy atom. The van der Waals surface area contributed by atoms with E-state index in [2.05, 4.69) is 28.7 Å². The summed E-state index contributed by atoms with van der Waals surface area (Å²) in [6.07, 6.45) is 2.43. The van der Waals surface area contributed by atoms with Gasteiger partial charge in [-0.15, -0.1) is 0 Å². The van der Waals surface area contributed by atoms with Gasteiger partial charge in [0.25, 0.3) is 0 Å². The van der Waals surface area contributed by atoms with Crippen LogP contribution in [0, 0.1) is 0 Å². The molecule has 2 heterocycles. The second-order valence-electron chi connectivity index (χ2n) is 5.65. The summed E-state index contributed by atoms with van der Waals surface area (Å²) in [6.45, 7) is 6.18. The van der Waals surface area contributed by atoms with Crippen molar-refractivity contribution in [3.8, 4) is 5.75 Å². The zero-order chi connectivity index (χ0) is 13.9. The summed E-state index contributed by atoms with van der Waals surface area (Å²) < 4.78 is 6.12. The van der Waals surface area contributed by atoms with E-state index < -0.39 is 0 Å². The highest BCUT2D eigenvalue weighted by Crippen LogP contribution is 2.29. The molecule has 4 nitrogen and oxygen atoms in total. The Hall–Kier alpha value is -0.810. The fourth-order valence-corrected chi connectivity index (χ4v) is 3.08. The summed E-state index contributed by atoms with van der Waals surface area (Å²) >= 11 is 6.08. The number of nitrogens with one attached hydrogen (secondary N) is 2. The molecular formula is C15H22ClN3O. The first kappa shape index (κ1) is 14.1. The largest absolute Gasteiger partial charge is 0.489 e. The minimum Gasteiger partial charge on any atom is -0.489 e. The lowest BCUT2D eigenvalue weighted by molar-refractivity contribution is 0.137. The van der Waals surface area contributed by atoms with Gasteiger partial charge in [0.15, 0.2) is 0 Å². The average Bonchev–Trinajstić information content (AvgIpc) is 2.86. The lowest BCUT2D eigenvalue weighted by atomic mass is 10.1. The van der Waals surface area contributed by atoms with E-state index in [0.717, 1.165) is 43.4 Å². The number of benzene rings is 1. The van der Waals surface area contributed by atoms with E-state index in [4.69, 9.17) is 16.3 Å². The summed E-state index contributed by atoms with van der Waals surface area (Å²) in [7, 11) is 0. The molecule has 20 heavy (non-hydrogen) atoms. The molecule has 2 atom stereocenters. The van der Waals surface area contributed by atoms with Gasteiger partial charge in [0, 0.05) is 42.8 Å². The van der Waals surface area contributed by atoms with E-state index in [1.54, 1.807) is 0 Å². The monoisotopic (exact) mass is 295 g/mol. The van der Waals surface area contributed by atoms with E-state index in [1.165, 1.54) is 12.0 Å². The highest BCUT2D eigenvalue weighted by molar-refractivity contribution is 6.30. The molecule has 3 rings (SSSR count). The third-order valence-corrected chi connectivity index (χ3v) is 4.27. The number of ether oxygens (including phenoxy) is 1. The molecule has 2 aliphatic heterocycles. The Morgan fingerprint density at radius 1 is 1.45 bits per heavy atom. The van der Waals surface area contributed by atoms with Crippen LogP contribution in [0.25, 0.3) is 0 Å². The van der Waals surface area contributed by atoms with Gasteiger partial charge < -0.3 is 4.74 Å². The van der Waals surface area contributed by atoms with Crippen molar-refractivity contribution >= 4 is 11.6 Å². The minimum absolute atomic E-state index is 0.240. The Morgan fingerprint density at radius 3 is 3.10 bits per heavy atom. The zero-order valence-corrected chi connectivity index (χ0v) is 12.6. The third kappa shape index (κ3) is 3.26. The van der Waals surface area contributed by atoms with Crippen molar-refractivity contribution in [2.75, 3.05) is 19.6 Å². The minimum atomic E-state index is 0.240. The molecule has 0 saturated carbocycles. The van der Waals surface area contributed by atoms with Gasteiger partial charge in [-0.3, -0.25) is 15.8 Å². The van der Waals surface area contributed by atoms with Crippen molar-refractivity contribution in [3.05, 3.63) is 28.8 Å². The van der Waals surface area contributed by atoms with Gasteiger partial charge >= 0.3 is 0 Å². The van der Waals surface area contributed by atoms with E-state index in [9.17, 15) is 0 Å². The van der Waals surface area contributed by atoms with Gasteiger partial charge in [-0.1, -0.05) is 24.6 Å². The van der Waals surface area contributed by atoms with E-state index >= 15 is 0 Å². The fraction of sp³-hybridized carbons (Fsp3) is 0.600. The van der Waals surface area contributed by atoms with Crippen LogP contribution in [-0.4, -0.2) is 36.7 Å². The summed E-state index contributed by atoms with van der Waals surface area (Å²) in [5, 5.41) is 0.744. The first-order valence-electron chi connectivity index (χ1n) is 7.40. The maximum atomic E-state index is 6.12. The van der Waals surface area contributed by atoms with Crippen LogP contribution in [-0.2, 0) is 6.54 Å². The Balaban J connectivity index is 1.76. The van der Waals surface area contributed by atoms with Gasteiger partial charge in [-0.05, 0) is 25.0 Å². The quantitative estimate of drug-likeness (QED) is 0.896. The third-order valence-electron chi connectivity index (χ3n) is 4.04. The predicted molar refractivity (Wildman–Crippen MR) is 81.0 cm³/mol. The molecule has 0 aliphatic carbocycles. The highest BCUT2D eigenvalue weighted by Gasteiger charge is 2.25. The molecule has 1 aromatic rings. The molecule has 5 heteroatoms. The molecule has 0 radical (unpaired) electrons. The van der Waals surface area contributed by atoms with Crippen LogP contribution in [0.4, 0.5) is 0 Å². The van der Waals surface area contributed by atoms with Crippen LogP contribution >= 0.6 is 11.6 Å². The van der Waals surface area contributed by atoms with Crippen LogP contribution in [0.15, 0.2) is 18.2 Å². The van der Waals surface area contributed by atoms with Crippen molar-refractivity contribution in [1.82, 2.24) is 15.8 Å². The number of nitrogens with zero attached hydrogens (tertiary/aromatic N) is 1. The number of hydrazine groups is 1. The van der Waals surface area contributed by atoms with Crippen molar-refractivity contribution in [2.24, 2.45) is 0 Å². The zero-order valence-electron chi connectivity index (χ0n) is 11.9. The Bertz CT molecular complexity index is 462.